The summed E-state index contributed by atoms with van der Waals surface area (Å²) in [6.07, 6.45) is 6.81. The van der Waals surface area contributed by atoms with Crippen molar-refractivity contribution in [3.63, 3.8) is 0 Å². The number of hydrogen-bond acceptors (Lipinski definition) is 9. The summed E-state index contributed by atoms with van der Waals surface area (Å²) in [6, 6.07) is 21.6. The summed E-state index contributed by atoms with van der Waals surface area (Å²) >= 11 is 12.8. The first-order valence-electron chi connectivity index (χ1n) is 21.8. The number of nitrogens with zero attached hydrogens (tertiary/aromatic N) is 6. The van der Waals surface area contributed by atoms with E-state index in [9.17, 15) is 19.2 Å². The van der Waals surface area contributed by atoms with Crippen molar-refractivity contribution in [2.45, 2.75) is 69.7 Å². The molecular weight excluding hydrogens is 867 g/mol. The third-order valence-corrected chi connectivity index (χ3v) is 12.6. The summed E-state index contributed by atoms with van der Waals surface area (Å²) in [5.74, 6) is -0.668. The molecule has 4 heterocycles. The molecular formula is C49H56Cl2N8O6. The summed E-state index contributed by atoms with van der Waals surface area (Å²) in [7, 11) is 7.43. The summed E-state index contributed by atoms with van der Waals surface area (Å²) in [6.45, 7) is 2.74. The number of aromatic nitrogens is 3. The maximum Gasteiger partial charge on any atom is 0.245 e. The second kappa shape index (κ2) is 21.0. The maximum absolute atomic E-state index is 14.9. The molecule has 0 spiro atoms. The second-order valence-electron chi connectivity index (χ2n) is 17.4. The molecule has 2 aromatic heterocycles. The third kappa shape index (κ3) is 11.7. The van der Waals surface area contributed by atoms with Gasteiger partial charge in [0.2, 0.25) is 23.6 Å². The van der Waals surface area contributed by atoms with Crippen molar-refractivity contribution < 1.29 is 28.7 Å². The van der Waals surface area contributed by atoms with Crippen LogP contribution in [0.1, 0.15) is 48.7 Å². The van der Waals surface area contributed by atoms with Crippen LogP contribution in [-0.4, -0.2) is 111 Å². The summed E-state index contributed by atoms with van der Waals surface area (Å²) in [5.41, 5.74) is 3.29. The largest absolute Gasteiger partial charge is 0.457 e. The molecule has 2 aliphatic heterocycles. The quantitative estimate of drug-likeness (QED) is 0.135. The number of ether oxygens (including phenoxy) is 2. The van der Waals surface area contributed by atoms with Crippen LogP contribution in [-0.2, 0) is 56.9 Å². The number of benzene rings is 3. The highest BCUT2D eigenvalue weighted by molar-refractivity contribution is 6.31. The Morgan fingerprint density at radius 2 is 1.68 bits per heavy atom. The molecule has 14 nitrogen and oxygen atoms in total. The van der Waals surface area contributed by atoms with E-state index in [1.54, 1.807) is 60.6 Å². The molecule has 0 saturated carbocycles. The molecule has 2 bridgehead atoms. The van der Waals surface area contributed by atoms with E-state index in [0.717, 1.165) is 28.2 Å². The highest BCUT2D eigenvalue weighted by atomic mass is 35.5. The normalized spacial score (nSPS) is 21.0. The van der Waals surface area contributed by atoms with Crippen molar-refractivity contribution in [2.75, 3.05) is 40.9 Å². The second-order valence-corrected chi connectivity index (χ2v) is 18.2. The lowest BCUT2D eigenvalue weighted by Crippen LogP contribution is -2.65. The molecule has 4 atom stereocenters. The first-order valence-corrected chi connectivity index (χ1v) is 22.5. The highest BCUT2D eigenvalue weighted by Gasteiger charge is 2.43. The highest BCUT2D eigenvalue weighted by Crippen LogP contribution is 2.34. The Bertz CT molecular complexity index is 2470. The van der Waals surface area contributed by atoms with Gasteiger partial charge in [-0.25, -0.2) is 4.98 Å². The van der Waals surface area contributed by atoms with Gasteiger partial charge in [-0.15, -0.1) is 0 Å². The molecule has 2 fully saturated rings. The fourth-order valence-corrected chi connectivity index (χ4v) is 9.00. The fraction of sp³-hybridized carbons (Fsp3) is 0.388. The molecule has 5 aromatic rings. The predicted molar refractivity (Wildman–Crippen MR) is 249 cm³/mol. The lowest BCUT2D eigenvalue weighted by molar-refractivity contribution is -0.148. The fourth-order valence-electron chi connectivity index (χ4n) is 8.72. The number of fused-ring (bicyclic) bond motifs is 2. The van der Waals surface area contributed by atoms with Gasteiger partial charge >= 0.3 is 0 Å². The van der Waals surface area contributed by atoms with Gasteiger partial charge in [-0.3, -0.25) is 24.2 Å². The van der Waals surface area contributed by atoms with Crippen LogP contribution in [0.5, 0.6) is 11.5 Å². The standard InChI is InChI=1S/C49H56Cl2N8O6/c1-32-46(61)54-41(30-64-5)47(62)55-49(25-33-9-14-38(50)15-10-33)19-7-21-58(31-49)48(63)37(22-34-8-6-20-52-26-34)23-45(60)59(32)28-36-11-16-39(51)24-43(36)65-40-17-12-35(13-18-40)42-27-53-44(57(42)4)29-56(2)3/h6,8-18,20,24,26-27,32,37,41H,7,19,21-23,25,28-31H2,1-5H3,(H,54,61)(H,55,62)/t32-,37+,41-,49+/m0/s1. The number of rotatable bonds is 13. The van der Waals surface area contributed by atoms with Crippen LogP contribution < -0.4 is 15.4 Å². The predicted octanol–water partition coefficient (Wildman–Crippen LogP) is 6.47. The zero-order valence-corrected chi connectivity index (χ0v) is 38.9. The molecule has 7 rings (SSSR count). The molecule has 3 aromatic carbocycles. The van der Waals surface area contributed by atoms with Gasteiger partial charge in [-0.2, -0.15) is 0 Å². The summed E-state index contributed by atoms with van der Waals surface area (Å²) < 4.78 is 14.0. The van der Waals surface area contributed by atoms with Crippen molar-refractivity contribution in [2.24, 2.45) is 13.0 Å². The Balaban J connectivity index is 1.21. The zero-order valence-electron chi connectivity index (χ0n) is 37.4. The minimum Gasteiger partial charge on any atom is -0.457 e. The lowest BCUT2D eigenvalue weighted by Gasteiger charge is -2.45. The molecule has 2 saturated heterocycles. The smallest absolute Gasteiger partial charge is 0.245 e. The molecule has 4 amide bonds. The number of pyridine rings is 1. The molecule has 65 heavy (non-hydrogen) atoms. The van der Waals surface area contributed by atoms with E-state index >= 15 is 0 Å². The molecule has 2 aliphatic rings. The average molecular weight is 924 g/mol. The van der Waals surface area contributed by atoms with Gasteiger partial charge in [0.15, 0.2) is 0 Å². The number of carbonyl (C=O) groups excluding carboxylic acids is 4. The third-order valence-electron chi connectivity index (χ3n) is 12.1. The van der Waals surface area contributed by atoms with E-state index in [1.807, 2.05) is 69.8 Å². The molecule has 342 valence electrons. The van der Waals surface area contributed by atoms with Crippen LogP contribution in [0.3, 0.4) is 0 Å². The zero-order chi connectivity index (χ0) is 46.3. The minimum absolute atomic E-state index is 0.0788. The number of methoxy groups -OCH3 is 1. The lowest BCUT2D eigenvalue weighted by atomic mass is 9.81. The van der Waals surface area contributed by atoms with Gasteiger partial charge in [-0.1, -0.05) is 47.5 Å². The topological polar surface area (TPSA) is 151 Å². The van der Waals surface area contributed by atoms with Gasteiger partial charge in [0, 0.05) is 67.2 Å². The molecule has 16 heteroatoms. The molecule has 0 aliphatic carbocycles. The number of carbonyl (C=O) groups is 4. The summed E-state index contributed by atoms with van der Waals surface area (Å²) in [5, 5.41) is 7.15. The van der Waals surface area contributed by atoms with Crippen LogP contribution in [0.15, 0.2) is 97.5 Å². The molecule has 0 unspecified atom stereocenters. The Kier molecular flexibility index (Phi) is 15.2. The summed E-state index contributed by atoms with van der Waals surface area (Å²) in [4.78, 5) is 72.7. The monoisotopic (exact) mass is 922 g/mol. The number of halogens is 2. The molecule has 0 radical (unpaired) electrons. The Morgan fingerprint density at radius 3 is 2.38 bits per heavy atom. The van der Waals surface area contributed by atoms with E-state index in [0.29, 0.717) is 59.5 Å². The van der Waals surface area contributed by atoms with Crippen LogP contribution in [0.2, 0.25) is 10.0 Å². The van der Waals surface area contributed by atoms with E-state index in [1.165, 1.54) is 12.0 Å². The number of hydrogen-bond donors (Lipinski definition) is 2. The number of nitrogens with one attached hydrogen (secondary N) is 2. The van der Waals surface area contributed by atoms with Gasteiger partial charge in [0.05, 0.1) is 43.0 Å². The van der Waals surface area contributed by atoms with Crippen molar-refractivity contribution in [1.29, 1.82) is 0 Å². The van der Waals surface area contributed by atoms with Crippen molar-refractivity contribution in [3.05, 3.63) is 130 Å². The first-order chi connectivity index (χ1) is 31.2. The van der Waals surface area contributed by atoms with Crippen LogP contribution in [0.4, 0.5) is 0 Å². The van der Waals surface area contributed by atoms with Crippen LogP contribution in [0.25, 0.3) is 11.3 Å². The van der Waals surface area contributed by atoms with Crippen molar-refractivity contribution >= 4 is 46.8 Å². The van der Waals surface area contributed by atoms with Crippen LogP contribution >= 0.6 is 23.2 Å². The number of piperidine rings is 1. The Morgan fingerprint density at radius 1 is 0.923 bits per heavy atom. The van der Waals surface area contributed by atoms with E-state index < -0.39 is 41.3 Å². The van der Waals surface area contributed by atoms with Gasteiger partial charge in [-0.05, 0) is 112 Å². The Labute approximate surface area is 390 Å². The van der Waals surface area contributed by atoms with Crippen molar-refractivity contribution in [3.8, 4) is 22.8 Å². The minimum atomic E-state index is -1.11. The van der Waals surface area contributed by atoms with Gasteiger partial charge in [0.1, 0.15) is 29.4 Å². The maximum atomic E-state index is 14.9. The average Bonchev–Trinajstić information content (AvgIpc) is 3.64. The van der Waals surface area contributed by atoms with E-state index in [4.69, 9.17) is 32.7 Å². The first kappa shape index (κ1) is 47.2. The molecule has 2 N–H and O–H groups in total. The van der Waals surface area contributed by atoms with E-state index in [-0.39, 0.29) is 38.4 Å². The van der Waals surface area contributed by atoms with Crippen LogP contribution in [0, 0.1) is 5.92 Å². The van der Waals surface area contributed by atoms with Gasteiger partial charge in [0.25, 0.3) is 0 Å². The number of amides is 4. The van der Waals surface area contributed by atoms with Crippen molar-refractivity contribution in [1.82, 2.24) is 39.9 Å². The Hall–Kier alpha value is -5.80. The van der Waals surface area contributed by atoms with Gasteiger partial charge < -0.3 is 39.4 Å². The van der Waals surface area contributed by atoms with E-state index in [2.05, 4.69) is 30.1 Å². The SMILES string of the molecule is COC[C@@H]1NC(=O)[C@H](C)N(Cc2ccc(Cl)cc2Oc2ccc(-c3cnc(CN(C)C)n3C)cc2)C(=O)C[C@@H](Cc2cccnc2)C(=O)N2CCC[C@@](Cc3ccc(Cl)cc3)(C2)NC1=O. The number of imidazole rings is 1.